The van der Waals surface area contributed by atoms with Crippen LogP contribution in [-0.2, 0) is 10.2 Å². The Bertz CT molecular complexity index is 329. The normalized spacial score (nSPS) is 26.9. The zero-order valence-electron chi connectivity index (χ0n) is 10.6. The molecule has 2 fully saturated rings. The Kier molecular flexibility index (Phi) is 4.41. The first kappa shape index (κ1) is 13.3. The molecule has 2 rings (SSSR count). The molecule has 0 atom stereocenters. The van der Waals surface area contributed by atoms with Gasteiger partial charge in [-0.15, -0.1) is 0 Å². The van der Waals surface area contributed by atoms with Gasteiger partial charge in [0.05, 0.1) is 0 Å². The van der Waals surface area contributed by atoms with Crippen molar-refractivity contribution in [2.45, 2.75) is 25.7 Å². The first-order valence-electron chi connectivity index (χ1n) is 6.54. The van der Waals surface area contributed by atoms with Gasteiger partial charge in [-0.05, 0) is 19.9 Å². The average Bonchev–Trinajstić information content (AvgIpc) is 2.58. The number of piperazine rings is 1. The topological polar surface area (TPSA) is 43.9 Å². The van der Waals surface area contributed by atoms with E-state index in [1.807, 2.05) is 7.05 Å². The maximum absolute atomic E-state index is 12.4. The molecule has 0 bridgehead atoms. The van der Waals surface area contributed by atoms with Crippen LogP contribution in [0.4, 0.5) is 0 Å². The lowest BCUT2D eigenvalue weighted by atomic mass is 10.2. The molecular weight excluding hydrogens is 238 g/mol. The summed E-state index contributed by atoms with van der Waals surface area (Å²) in [6.07, 6.45) is 4.34. The molecule has 2 saturated heterocycles. The van der Waals surface area contributed by atoms with Crippen molar-refractivity contribution < 1.29 is 8.42 Å². The molecule has 6 heteroatoms. The van der Waals surface area contributed by atoms with Crippen LogP contribution in [0.2, 0.25) is 0 Å². The Labute approximate surface area is 105 Å². The molecule has 17 heavy (non-hydrogen) atoms. The van der Waals surface area contributed by atoms with E-state index < -0.39 is 10.2 Å². The molecule has 2 aliphatic rings. The van der Waals surface area contributed by atoms with E-state index in [0.29, 0.717) is 26.2 Å². The summed E-state index contributed by atoms with van der Waals surface area (Å²) in [7, 11) is -1.15. The second kappa shape index (κ2) is 5.65. The summed E-state index contributed by atoms with van der Waals surface area (Å²) in [5.74, 6) is 0. The molecule has 0 aromatic heterocycles. The first-order chi connectivity index (χ1) is 8.10. The lowest BCUT2D eigenvalue weighted by Crippen LogP contribution is -2.52. The molecular formula is C11H23N3O2S. The van der Waals surface area contributed by atoms with E-state index in [4.69, 9.17) is 0 Å². The lowest BCUT2D eigenvalue weighted by molar-refractivity contribution is 0.211. The molecule has 2 aliphatic heterocycles. The van der Waals surface area contributed by atoms with Gasteiger partial charge in [-0.1, -0.05) is 12.8 Å². The molecule has 0 N–H and O–H groups in total. The zero-order valence-corrected chi connectivity index (χ0v) is 11.5. The smallest absolute Gasteiger partial charge is 0.282 e. The number of hydrogen-bond acceptors (Lipinski definition) is 3. The summed E-state index contributed by atoms with van der Waals surface area (Å²) >= 11 is 0. The quantitative estimate of drug-likeness (QED) is 0.721. The van der Waals surface area contributed by atoms with Gasteiger partial charge in [-0.25, -0.2) is 0 Å². The van der Waals surface area contributed by atoms with Crippen molar-refractivity contribution in [3.05, 3.63) is 0 Å². The molecule has 2 heterocycles. The van der Waals surface area contributed by atoms with Gasteiger partial charge in [0.15, 0.2) is 0 Å². The Morgan fingerprint density at radius 3 is 1.71 bits per heavy atom. The van der Waals surface area contributed by atoms with E-state index in [1.165, 1.54) is 0 Å². The van der Waals surface area contributed by atoms with Crippen LogP contribution in [0.3, 0.4) is 0 Å². The average molecular weight is 261 g/mol. The van der Waals surface area contributed by atoms with E-state index in [9.17, 15) is 8.42 Å². The molecule has 0 aliphatic carbocycles. The fourth-order valence-electron chi connectivity index (χ4n) is 2.45. The van der Waals surface area contributed by atoms with Gasteiger partial charge < -0.3 is 4.90 Å². The summed E-state index contributed by atoms with van der Waals surface area (Å²) in [5, 5.41) is 0. The third-order valence-corrected chi connectivity index (χ3v) is 5.72. The number of nitrogens with zero attached hydrogens (tertiary/aromatic N) is 3. The first-order valence-corrected chi connectivity index (χ1v) is 7.94. The zero-order chi connectivity index (χ0) is 12.3. The van der Waals surface area contributed by atoms with E-state index in [-0.39, 0.29) is 0 Å². The fourth-order valence-corrected chi connectivity index (χ4v) is 4.13. The Balaban J connectivity index is 2.01. The van der Waals surface area contributed by atoms with Crippen LogP contribution >= 0.6 is 0 Å². The van der Waals surface area contributed by atoms with Crippen molar-refractivity contribution in [1.29, 1.82) is 0 Å². The van der Waals surface area contributed by atoms with Crippen LogP contribution in [-0.4, -0.2) is 68.2 Å². The van der Waals surface area contributed by atoms with E-state index in [1.54, 1.807) is 8.61 Å². The monoisotopic (exact) mass is 261 g/mol. The Morgan fingerprint density at radius 2 is 1.18 bits per heavy atom. The minimum atomic E-state index is -3.19. The third-order valence-electron chi connectivity index (χ3n) is 3.68. The molecule has 100 valence electrons. The molecule has 0 aromatic rings. The number of rotatable bonds is 2. The van der Waals surface area contributed by atoms with Gasteiger partial charge in [-0.3, -0.25) is 0 Å². The molecule has 0 unspecified atom stereocenters. The lowest BCUT2D eigenvalue weighted by Gasteiger charge is -2.34. The van der Waals surface area contributed by atoms with Crippen molar-refractivity contribution in [2.75, 3.05) is 46.3 Å². The van der Waals surface area contributed by atoms with Gasteiger partial charge in [0.1, 0.15) is 0 Å². The summed E-state index contributed by atoms with van der Waals surface area (Å²) in [5.41, 5.74) is 0. The van der Waals surface area contributed by atoms with Crippen molar-refractivity contribution in [1.82, 2.24) is 13.5 Å². The maximum Gasteiger partial charge on any atom is 0.282 e. The van der Waals surface area contributed by atoms with Crippen LogP contribution < -0.4 is 0 Å². The SMILES string of the molecule is CN1CCN(S(=O)(=O)N2CCCCCC2)CC1. The Hall–Kier alpha value is -0.170. The van der Waals surface area contributed by atoms with Crippen LogP contribution in [0.25, 0.3) is 0 Å². The predicted octanol–water partition coefficient (Wildman–Crippen LogP) is 0.355. The van der Waals surface area contributed by atoms with E-state index >= 15 is 0 Å². The molecule has 0 spiro atoms. The van der Waals surface area contributed by atoms with Crippen LogP contribution in [0, 0.1) is 0 Å². The summed E-state index contributed by atoms with van der Waals surface area (Å²) in [6, 6.07) is 0. The molecule has 0 amide bonds. The Morgan fingerprint density at radius 1 is 0.706 bits per heavy atom. The fraction of sp³-hybridized carbons (Fsp3) is 1.00. The molecule has 0 radical (unpaired) electrons. The second-order valence-electron chi connectivity index (χ2n) is 5.02. The van der Waals surface area contributed by atoms with Crippen molar-refractivity contribution >= 4 is 10.2 Å². The van der Waals surface area contributed by atoms with Gasteiger partial charge in [0, 0.05) is 39.3 Å². The van der Waals surface area contributed by atoms with Gasteiger partial charge in [0.2, 0.25) is 0 Å². The van der Waals surface area contributed by atoms with Crippen molar-refractivity contribution in [3.63, 3.8) is 0 Å². The molecule has 5 nitrogen and oxygen atoms in total. The summed E-state index contributed by atoms with van der Waals surface area (Å²) in [4.78, 5) is 2.18. The largest absolute Gasteiger partial charge is 0.304 e. The minimum Gasteiger partial charge on any atom is -0.304 e. The highest BCUT2D eigenvalue weighted by atomic mass is 32.2. The number of hydrogen-bond donors (Lipinski definition) is 0. The number of likely N-dealkylation sites (N-methyl/N-ethyl adjacent to an activating group) is 1. The van der Waals surface area contributed by atoms with Crippen molar-refractivity contribution in [3.8, 4) is 0 Å². The van der Waals surface area contributed by atoms with Crippen molar-refractivity contribution in [2.24, 2.45) is 0 Å². The highest BCUT2D eigenvalue weighted by Gasteiger charge is 2.31. The van der Waals surface area contributed by atoms with Gasteiger partial charge >= 0.3 is 0 Å². The standard InChI is InChI=1S/C11H23N3O2S/c1-12-8-10-14(11-9-12)17(15,16)13-6-4-2-3-5-7-13/h2-11H2,1H3. The highest BCUT2D eigenvalue weighted by molar-refractivity contribution is 7.86. The molecule has 0 aromatic carbocycles. The van der Waals surface area contributed by atoms with Gasteiger partial charge in [-0.2, -0.15) is 17.0 Å². The van der Waals surface area contributed by atoms with Gasteiger partial charge in [0.25, 0.3) is 10.2 Å². The summed E-state index contributed by atoms with van der Waals surface area (Å²) < 4.78 is 28.2. The second-order valence-corrected chi connectivity index (χ2v) is 6.95. The predicted molar refractivity (Wildman–Crippen MR) is 68.0 cm³/mol. The third kappa shape index (κ3) is 3.19. The summed E-state index contributed by atoms with van der Waals surface area (Å²) in [6.45, 7) is 4.36. The van der Waals surface area contributed by atoms with E-state index in [2.05, 4.69) is 4.90 Å². The van der Waals surface area contributed by atoms with Crippen LogP contribution in [0.15, 0.2) is 0 Å². The maximum atomic E-state index is 12.4. The minimum absolute atomic E-state index is 0.634. The van der Waals surface area contributed by atoms with Crippen LogP contribution in [0.5, 0.6) is 0 Å². The highest BCUT2D eigenvalue weighted by Crippen LogP contribution is 2.17. The van der Waals surface area contributed by atoms with Crippen LogP contribution in [0.1, 0.15) is 25.7 Å². The van der Waals surface area contributed by atoms with E-state index in [0.717, 1.165) is 38.8 Å². The molecule has 0 saturated carbocycles.